The number of carbonyl (C=O) groups is 3. The molecule has 3 amide bonds. The number of carbonyl (C=O) groups excluding carboxylic acids is 3. The van der Waals surface area contributed by atoms with Crippen molar-refractivity contribution < 1.29 is 19.1 Å². The van der Waals surface area contributed by atoms with Gasteiger partial charge in [-0.3, -0.25) is 19.0 Å². The van der Waals surface area contributed by atoms with Crippen LogP contribution in [-0.4, -0.2) is 59.2 Å². The van der Waals surface area contributed by atoms with Gasteiger partial charge in [0.25, 0.3) is 17.4 Å². The van der Waals surface area contributed by atoms with Gasteiger partial charge in [0.15, 0.2) is 0 Å². The van der Waals surface area contributed by atoms with E-state index in [4.69, 9.17) is 16.3 Å². The highest BCUT2D eigenvalue weighted by Gasteiger charge is 2.39. The van der Waals surface area contributed by atoms with Crippen LogP contribution in [0.4, 0.5) is 4.79 Å². The summed E-state index contributed by atoms with van der Waals surface area (Å²) in [6.07, 6.45) is 1.13. The van der Waals surface area contributed by atoms with Crippen molar-refractivity contribution in [2.45, 2.75) is 18.0 Å². The van der Waals surface area contributed by atoms with E-state index in [1.54, 1.807) is 54.7 Å². The first kappa shape index (κ1) is 30.5. The van der Waals surface area contributed by atoms with Crippen LogP contribution in [-0.2, 0) is 4.74 Å². The number of aromatic nitrogens is 1. The first-order chi connectivity index (χ1) is 22.9. The Kier molecular flexibility index (Phi) is 8.36. The first-order valence-electron chi connectivity index (χ1n) is 15.1. The Balaban J connectivity index is 1.06. The van der Waals surface area contributed by atoms with Crippen LogP contribution in [0.15, 0.2) is 114 Å². The highest BCUT2D eigenvalue weighted by Crippen LogP contribution is 2.44. The Morgan fingerprint density at radius 3 is 2.00 bits per heavy atom. The molecule has 0 radical (unpaired) electrons. The second kappa shape index (κ2) is 12.9. The van der Waals surface area contributed by atoms with Gasteiger partial charge in [-0.2, -0.15) is 0 Å². The molecule has 1 saturated heterocycles. The third-order valence-corrected chi connectivity index (χ3v) is 9.80. The molecule has 0 saturated carbocycles. The van der Waals surface area contributed by atoms with E-state index in [2.05, 4.69) is 34.9 Å². The van der Waals surface area contributed by atoms with Crippen molar-refractivity contribution in [3.05, 3.63) is 146 Å². The zero-order valence-corrected chi connectivity index (χ0v) is 26.5. The summed E-state index contributed by atoms with van der Waals surface area (Å²) in [6.45, 7) is 0.431. The van der Waals surface area contributed by atoms with Gasteiger partial charge in [0.2, 0.25) is 0 Å². The standard InChI is InChI=1S/C36H29ClN4O5S/c37-32-17-16-31(47-32)35(44)39-30-20-40(36(45)46-21-28-26-9-3-1-7-24(26)25-8-2-4-10-27(25)28)19-29(30)38-34(43)22-12-14-23(15-13-22)41-18-6-5-11-33(41)42/h1-18,28-30H,19-21H2,(H,38,43)(H,39,44)/t29-,30+/m0/s1. The number of nitrogens with zero attached hydrogens (tertiary/aromatic N) is 2. The van der Waals surface area contributed by atoms with E-state index in [9.17, 15) is 19.2 Å². The molecule has 236 valence electrons. The van der Waals surface area contributed by atoms with Gasteiger partial charge in [-0.1, -0.05) is 66.2 Å². The average molecular weight is 665 g/mol. The van der Waals surface area contributed by atoms with E-state index < -0.39 is 18.2 Å². The number of hydrogen-bond donors (Lipinski definition) is 2. The lowest BCUT2D eigenvalue weighted by Crippen LogP contribution is -2.50. The zero-order chi connectivity index (χ0) is 32.5. The quantitative estimate of drug-likeness (QED) is 0.232. The topological polar surface area (TPSA) is 110 Å². The minimum atomic E-state index is -0.598. The largest absolute Gasteiger partial charge is 0.448 e. The summed E-state index contributed by atoms with van der Waals surface area (Å²) in [6, 6.07) is 29.8. The lowest BCUT2D eigenvalue weighted by Gasteiger charge is -2.20. The number of halogens is 1. The molecule has 1 fully saturated rings. The van der Waals surface area contributed by atoms with E-state index in [0.717, 1.165) is 33.6 Å². The number of rotatable bonds is 7. The van der Waals surface area contributed by atoms with Crippen molar-refractivity contribution in [1.82, 2.24) is 20.1 Å². The minimum absolute atomic E-state index is 0.0988. The van der Waals surface area contributed by atoms with Crippen molar-refractivity contribution in [1.29, 1.82) is 0 Å². The van der Waals surface area contributed by atoms with Crippen LogP contribution in [0.3, 0.4) is 0 Å². The maximum atomic E-state index is 13.5. The van der Waals surface area contributed by atoms with Gasteiger partial charge >= 0.3 is 6.09 Å². The molecule has 2 N–H and O–H groups in total. The lowest BCUT2D eigenvalue weighted by atomic mass is 9.98. The second-order valence-corrected chi connectivity index (χ2v) is 13.1. The molecule has 0 unspecified atom stereocenters. The SMILES string of the molecule is O=C(N[C@H]1CN(C(=O)OCC2c3ccccc3-c3ccccc32)C[C@H]1NC(=O)c1ccc(Cl)s1)c1ccc(-n2ccccc2=O)cc1. The third-order valence-electron chi connectivity index (χ3n) is 8.57. The summed E-state index contributed by atoms with van der Waals surface area (Å²) >= 11 is 7.20. The molecule has 11 heteroatoms. The minimum Gasteiger partial charge on any atom is -0.448 e. The summed E-state index contributed by atoms with van der Waals surface area (Å²) in [5, 5.41) is 5.96. The van der Waals surface area contributed by atoms with Crippen LogP contribution >= 0.6 is 22.9 Å². The van der Waals surface area contributed by atoms with Crippen molar-refractivity contribution in [3.63, 3.8) is 0 Å². The highest BCUT2D eigenvalue weighted by atomic mass is 35.5. The predicted octanol–water partition coefficient (Wildman–Crippen LogP) is 5.71. The van der Waals surface area contributed by atoms with Gasteiger partial charge in [0, 0.05) is 42.5 Å². The van der Waals surface area contributed by atoms with E-state index >= 15 is 0 Å². The van der Waals surface area contributed by atoms with Crippen molar-refractivity contribution in [2.24, 2.45) is 0 Å². The van der Waals surface area contributed by atoms with Gasteiger partial charge in [0.05, 0.1) is 21.3 Å². The summed E-state index contributed by atoms with van der Waals surface area (Å²) in [5.41, 5.74) is 5.28. The fraction of sp³-hybridized carbons (Fsp3) is 0.167. The smallest absolute Gasteiger partial charge is 0.409 e. The monoisotopic (exact) mass is 664 g/mol. The zero-order valence-electron chi connectivity index (χ0n) is 25.0. The number of hydrogen-bond acceptors (Lipinski definition) is 6. The van der Waals surface area contributed by atoms with Crippen molar-refractivity contribution >= 4 is 40.8 Å². The summed E-state index contributed by atoms with van der Waals surface area (Å²) in [7, 11) is 0. The van der Waals surface area contributed by atoms with Crippen molar-refractivity contribution in [2.75, 3.05) is 19.7 Å². The van der Waals surface area contributed by atoms with Crippen LogP contribution in [0.5, 0.6) is 0 Å². The molecule has 0 bridgehead atoms. The molecule has 2 atom stereocenters. The highest BCUT2D eigenvalue weighted by molar-refractivity contribution is 7.18. The number of likely N-dealkylation sites (tertiary alicyclic amines) is 1. The van der Waals surface area contributed by atoms with Crippen LogP contribution < -0.4 is 16.2 Å². The normalized spacial score (nSPS) is 16.7. The van der Waals surface area contributed by atoms with E-state index in [1.165, 1.54) is 15.5 Å². The van der Waals surface area contributed by atoms with Crippen LogP contribution in [0, 0.1) is 0 Å². The molecule has 2 aromatic heterocycles. The maximum absolute atomic E-state index is 13.5. The van der Waals surface area contributed by atoms with Gasteiger partial charge in [-0.15, -0.1) is 11.3 Å². The first-order valence-corrected chi connectivity index (χ1v) is 16.3. The Hall–Kier alpha value is -5.19. The Labute approximate surface area is 279 Å². The number of amides is 3. The number of thiophene rings is 1. The molecule has 9 nitrogen and oxygen atoms in total. The van der Waals surface area contributed by atoms with Crippen molar-refractivity contribution in [3.8, 4) is 16.8 Å². The molecule has 47 heavy (non-hydrogen) atoms. The Bertz CT molecular complexity index is 2000. The summed E-state index contributed by atoms with van der Waals surface area (Å²) in [4.78, 5) is 54.1. The summed E-state index contributed by atoms with van der Waals surface area (Å²) < 4.78 is 7.85. The Morgan fingerprint density at radius 1 is 0.766 bits per heavy atom. The maximum Gasteiger partial charge on any atom is 0.409 e. The van der Waals surface area contributed by atoms with Gasteiger partial charge in [-0.05, 0) is 64.7 Å². The molecular weight excluding hydrogens is 636 g/mol. The molecule has 3 heterocycles. The number of benzene rings is 3. The fourth-order valence-corrected chi connectivity index (χ4v) is 7.22. The van der Waals surface area contributed by atoms with Crippen LogP contribution in [0.2, 0.25) is 4.34 Å². The number of pyridine rings is 1. The molecule has 1 aliphatic carbocycles. The molecule has 7 rings (SSSR count). The summed E-state index contributed by atoms with van der Waals surface area (Å²) in [5.74, 6) is -0.828. The third kappa shape index (κ3) is 6.17. The molecule has 2 aliphatic rings. The second-order valence-electron chi connectivity index (χ2n) is 11.4. The van der Waals surface area contributed by atoms with Crippen LogP contribution in [0.25, 0.3) is 16.8 Å². The Morgan fingerprint density at radius 2 is 1.38 bits per heavy atom. The number of ether oxygens (including phenoxy) is 1. The molecule has 1 aliphatic heterocycles. The van der Waals surface area contributed by atoms with E-state index in [1.807, 2.05) is 24.3 Å². The molecule has 0 spiro atoms. The van der Waals surface area contributed by atoms with Gasteiger partial charge < -0.3 is 20.3 Å². The van der Waals surface area contributed by atoms with E-state index in [-0.39, 0.29) is 43.0 Å². The lowest BCUT2D eigenvalue weighted by molar-refractivity contribution is 0.0898. The predicted molar refractivity (Wildman–Crippen MR) is 181 cm³/mol. The van der Waals surface area contributed by atoms with E-state index in [0.29, 0.717) is 20.5 Å². The molecule has 5 aromatic rings. The number of nitrogens with one attached hydrogen (secondary N) is 2. The fourth-order valence-electron chi connectivity index (χ4n) is 6.27. The molecular formula is C36H29ClN4O5S. The van der Waals surface area contributed by atoms with Gasteiger partial charge in [0.1, 0.15) is 6.61 Å². The number of fused-ring (bicyclic) bond motifs is 3. The average Bonchev–Trinajstić information content (AvgIpc) is 3.79. The molecule has 3 aromatic carbocycles. The van der Waals surface area contributed by atoms with Crippen LogP contribution in [0.1, 0.15) is 37.1 Å². The van der Waals surface area contributed by atoms with Gasteiger partial charge in [-0.25, -0.2) is 4.79 Å².